The number of nitrogens with one attached hydrogen (secondary N) is 1. The number of hydrogen-bond acceptors (Lipinski definition) is 4. The summed E-state index contributed by atoms with van der Waals surface area (Å²) in [5.41, 5.74) is 1.07. The molecule has 0 bridgehead atoms. The fourth-order valence-electron chi connectivity index (χ4n) is 2.66. The van der Waals surface area contributed by atoms with Crippen molar-refractivity contribution >= 4 is 28.6 Å². The monoisotopic (exact) mass is 413 g/mol. The van der Waals surface area contributed by atoms with Crippen molar-refractivity contribution in [2.24, 2.45) is 0 Å². The summed E-state index contributed by atoms with van der Waals surface area (Å²) in [4.78, 5) is 0. The van der Waals surface area contributed by atoms with Crippen molar-refractivity contribution in [3.63, 3.8) is 0 Å². The van der Waals surface area contributed by atoms with Crippen LogP contribution in [0.5, 0.6) is 11.5 Å². The van der Waals surface area contributed by atoms with Crippen LogP contribution in [0.15, 0.2) is 48.5 Å². The van der Waals surface area contributed by atoms with Gasteiger partial charge in [0, 0.05) is 24.2 Å². The van der Waals surface area contributed by atoms with Crippen molar-refractivity contribution in [3.8, 4) is 11.5 Å². The maximum atomic E-state index is 6.27. The molecule has 0 unspecified atom stereocenters. The first-order valence-corrected chi connectivity index (χ1v) is 8.03. The smallest absolute Gasteiger partial charge is 0.162 e. The van der Waals surface area contributed by atoms with Gasteiger partial charge in [-0.1, -0.05) is 41.9 Å². The van der Waals surface area contributed by atoms with E-state index < -0.39 is 0 Å². The van der Waals surface area contributed by atoms with E-state index in [1.807, 2.05) is 36.4 Å². The molecule has 4 nitrogen and oxygen atoms in total. The zero-order valence-electron chi connectivity index (χ0n) is 13.4. The Morgan fingerprint density at radius 2 is 1.96 bits per heavy atom. The lowest BCUT2D eigenvalue weighted by Crippen LogP contribution is -2.43. The molecule has 3 rings (SSSR count). The molecule has 0 spiro atoms. The molecule has 1 heterocycles. The summed E-state index contributed by atoms with van der Waals surface area (Å²) in [6, 6.07) is 15.5. The molecule has 2 atom stereocenters. The molecule has 2 aromatic rings. The Labute approximate surface area is 157 Å². The Morgan fingerprint density at radius 1 is 1.17 bits per heavy atom. The molecule has 24 heavy (non-hydrogen) atoms. The molecule has 1 N–H and O–H groups in total. The second-order valence-corrected chi connectivity index (χ2v) is 5.79. The number of hydrogen-bond donors (Lipinski definition) is 1. The molecular weight excluding hydrogens is 394 g/mol. The maximum absolute atomic E-state index is 6.27. The van der Waals surface area contributed by atoms with Crippen LogP contribution in [-0.2, 0) is 4.74 Å². The minimum absolute atomic E-state index is 0. The summed E-state index contributed by atoms with van der Waals surface area (Å²) >= 11 is 6.03. The molecule has 1 aliphatic rings. The van der Waals surface area contributed by atoms with Crippen molar-refractivity contribution in [3.05, 3.63) is 59.1 Å². The minimum Gasteiger partial charge on any atom is -0.493 e. The van der Waals surface area contributed by atoms with Gasteiger partial charge in [-0.25, -0.2) is 0 Å². The number of morpholine rings is 1. The van der Waals surface area contributed by atoms with Gasteiger partial charge < -0.3 is 19.5 Å². The van der Waals surface area contributed by atoms with E-state index >= 15 is 0 Å². The van der Waals surface area contributed by atoms with Crippen molar-refractivity contribution in [2.75, 3.05) is 26.8 Å². The lowest BCUT2D eigenvalue weighted by atomic mass is 10.0. The van der Waals surface area contributed by atoms with Crippen molar-refractivity contribution in [1.82, 2.24) is 5.32 Å². The second-order valence-electron chi connectivity index (χ2n) is 5.36. The summed E-state index contributed by atoms with van der Waals surface area (Å²) in [6.45, 7) is 2.28. The highest BCUT2D eigenvalue weighted by molar-refractivity contribution is 8.93. The zero-order chi connectivity index (χ0) is 16.1. The van der Waals surface area contributed by atoms with Crippen LogP contribution in [0, 0.1) is 0 Å². The van der Waals surface area contributed by atoms with Crippen LogP contribution < -0.4 is 14.8 Å². The number of rotatable bonds is 5. The number of methoxy groups -OCH3 is 1. The summed E-state index contributed by atoms with van der Waals surface area (Å²) in [5.74, 6) is 1.27. The molecule has 0 amide bonds. The molecule has 130 valence electrons. The van der Waals surface area contributed by atoms with Crippen LogP contribution in [0.2, 0.25) is 5.02 Å². The van der Waals surface area contributed by atoms with Crippen molar-refractivity contribution in [2.45, 2.75) is 12.2 Å². The predicted molar refractivity (Wildman–Crippen MR) is 101 cm³/mol. The van der Waals surface area contributed by atoms with Crippen LogP contribution >= 0.6 is 28.6 Å². The highest BCUT2D eigenvalue weighted by Gasteiger charge is 2.28. The van der Waals surface area contributed by atoms with Gasteiger partial charge >= 0.3 is 0 Å². The Hall–Kier alpha value is -1.27. The first kappa shape index (κ1) is 19.1. The largest absolute Gasteiger partial charge is 0.493 e. The van der Waals surface area contributed by atoms with Crippen LogP contribution in [-0.4, -0.2) is 32.9 Å². The Bertz CT molecular complexity index is 635. The second kappa shape index (κ2) is 9.28. The third kappa shape index (κ3) is 4.63. The quantitative estimate of drug-likeness (QED) is 0.802. The molecule has 1 saturated heterocycles. The van der Waals surface area contributed by atoms with E-state index in [9.17, 15) is 0 Å². The van der Waals surface area contributed by atoms with Crippen LogP contribution in [0.4, 0.5) is 0 Å². The Balaban J connectivity index is 0.00000208. The average Bonchev–Trinajstić information content (AvgIpc) is 2.62. The molecule has 6 heteroatoms. The molecule has 1 aliphatic heterocycles. The van der Waals surface area contributed by atoms with Crippen molar-refractivity contribution in [1.29, 1.82) is 0 Å². The highest BCUT2D eigenvalue weighted by Crippen LogP contribution is 2.35. The lowest BCUT2D eigenvalue weighted by Gasteiger charge is -2.32. The topological polar surface area (TPSA) is 39.7 Å². The number of halogens is 2. The first-order chi connectivity index (χ1) is 11.3. The van der Waals surface area contributed by atoms with Gasteiger partial charge in [0.05, 0.1) is 13.7 Å². The van der Waals surface area contributed by atoms with Gasteiger partial charge in [0.2, 0.25) is 0 Å². The number of benzene rings is 2. The molecule has 1 fully saturated rings. The predicted octanol–water partition coefficient (Wildman–Crippen LogP) is 4.04. The molecule has 0 radical (unpaired) electrons. The Kier molecular flexibility index (Phi) is 7.37. The highest BCUT2D eigenvalue weighted by atomic mass is 79.9. The first-order valence-electron chi connectivity index (χ1n) is 7.65. The molecule has 0 aromatic heterocycles. The van der Waals surface area contributed by atoms with E-state index in [4.69, 9.17) is 25.8 Å². The molecule has 0 saturated carbocycles. The number of ether oxygens (including phenoxy) is 3. The van der Waals surface area contributed by atoms with Crippen LogP contribution in [0.3, 0.4) is 0 Å². The average molecular weight is 415 g/mol. The van der Waals surface area contributed by atoms with Crippen molar-refractivity contribution < 1.29 is 14.2 Å². The minimum atomic E-state index is -0.223. The van der Waals surface area contributed by atoms with Crippen LogP contribution in [0.25, 0.3) is 0 Å². The molecular formula is C18H21BrClNO3. The summed E-state index contributed by atoms with van der Waals surface area (Å²) < 4.78 is 17.6. The third-order valence-electron chi connectivity index (χ3n) is 3.80. The Morgan fingerprint density at radius 3 is 2.62 bits per heavy atom. The fraction of sp³-hybridized carbons (Fsp3) is 0.333. The van der Waals surface area contributed by atoms with Gasteiger partial charge in [0.1, 0.15) is 6.10 Å². The van der Waals surface area contributed by atoms with Gasteiger partial charge in [0.25, 0.3) is 0 Å². The van der Waals surface area contributed by atoms with E-state index in [0.717, 1.165) is 18.7 Å². The zero-order valence-corrected chi connectivity index (χ0v) is 15.9. The van der Waals surface area contributed by atoms with Gasteiger partial charge in [-0.15, -0.1) is 17.0 Å². The van der Waals surface area contributed by atoms with Gasteiger partial charge in [-0.3, -0.25) is 0 Å². The van der Waals surface area contributed by atoms with Gasteiger partial charge in [-0.2, -0.15) is 0 Å². The van der Waals surface area contributed by atoms with Gasteiger partial charge in [0.15, 0.2) is 17.6 Å². The molecule has 0 aliphatic carbocycles. The van der Waals surface area contributed by atoms with E-state index in [1.54, 1.807) is 19.2 Å². The molecule has 2 aromatic carbocycles. The fourth-order valence-corrected chi connectivity index (χ4v) is 2.82. The summed E-state index contributed by atoms with van der Waals surface area (Å²) in [6.07, 6.45) is -0.286. The summed E-state index contributed by atoms with van der Waals surface area (Å²) in [7, 11) is 1.61. The van der Waals surface area contributed by atoms with E-state index in [0.29, 0.717) is 23.1 Å². The summed E-state index contributed by atoms with van der Waals surface area (Å²) in [5, 5.41) is 3.96. The SMILES string of the molecule is Br.COc1cc(Cl)ccc1O[C@@H](c1ccccc1)[C@@H]1CNCCO1. The normalized spacial score (nSPS) is 18.3. The van der Waals surface area contributed by atoms with E-state index in [1.165, 1.54) is 0 Å². The van der Waals surface area contributed by atoms with E-state index in [2.05, 4.69) is 5.32 Å². The third-order valence-corrected chi connectivity index (χ3v) is 4.04. The standard InChI is InChI=1S/C18H20ClNO3.BrH/c1-21-16-11-14(19)7-8-15(16)23-18(13-5-3-2-4-6-13)17-12-20-9-10-22-17;/h2-8,11,17-18,20H,9-10,12H2,1H3;1H/t17-,18-;/m0./s1. The van der Waals surface area contributed by atoms with E-state index in [-0.39, 0.29) is 29.2 Å². The lowest BCUT2D eigenvalue weighted by molar-refractivity contribution is -0.0438. The maximum Gasteiger partial charge on any atom is 0.162 e. The van der Waals surface area contributed by atoms with Gasteiger partial charge in [-0.05, 0) is 17.7 Å². The van der Waals surface area contributed by atoms with Crippen LogP contribution in [0.1, 0.15) is 11.7 Å².